The molecule has 168 valence electrons. The summed E-state index contributed by atoms with van der Waals surface area (Å²) in [5.74, 6) is 2.89. The molecular weight excluding hydrogens is 420 g/mol. The molecule has 1 aliphatic rings. The number of nitrogens with one attached hydrogen (secondary N) is 2. The van der Waals surface area contributed by atoms with Gasteiger partial charge < -0.3 is 19.8 Å². The summed E-state index contributed by atoms with van der Waals surface area (Å²) in [5, 5.41) is 14.6. The lowest BCUT2D eigenvalue weighted by atomic mass is 10.1. The number of rotatable bonds is 7. The molecule has 4 aromatic heterocycles. The van der Waals surface area contributed by atoms with Crippen LogP contribution in [0.2, 0.25) is 0 Å². The quantitative estimate of drug-likeness (QED) is 0.441. The van der Waals surface area contributed by atoms with Crippen LogP contribution in [-0.2, 0) is 33.1 Å². The van der Waals surface area contributed by atoms with E-state index in [-0.39, 0.29) is 5.91 Å². The number of aryl methyl sites for hydroxylation is 1. The fraction of sp³-hybridized carbons (Fsp3) is 0.318. The van der Waals surface area contributed by atoms with E-state index in [1.165, 1.54) is 12.7 Å². The number of nitrogens with zero attached hydrogens (tertiary/aromatic N) is 8. The molecule has 0 unspecified atom stereocenters. The minimum absolute atomic E-state index is 0.156. The van der Waals surface area contributed by atoms with E-state index < -0.39 is 0 Å². The van der Waals surface area contributed by atoms with Crippen molar-refractivity contribution in [3.8, 4) is 11.5 Å². The lowest BCUT2D eigenvalue weighted by molar-refractivity contribution is 0.0950. The van der Waals surface area contributed by atoms with E-state index in [4.69, 9.17) is 0 Å². The summed E-state index contributed by atoms with van der Waals surface area (Å²) in [6, 6.07) is 5.20. The predicted octanol–water partition coefficient (Wildman–Crippen LogP) is 1.74. The van der Waals surface area contributed by atoms with Crippen molar-refractivity contribution in [3.63, 3.8) is 0 Å². The summed E-state index contributed by atoms with van der Waals surface area (Å²) in [4.78, 5) is 29.6. The highest BCUT2D eigenvalue weighted by Gasteiger charge is 2.15. The zero-order chi connectivity index (χ0) is 22.6. The second-order valence-corrected chi connectivity index (χ2v) is 7.83. The van der Waals surface area contributed by atoms with Gasteiger partial charge in [-0.2, -0.15) is 0 Å². The van der Waals surface area contributed by atoms with Crippen molar-refractivity contribution in [2.24, 2.45) is 7.05 Å². The molecule has 5 rings (SSSR count). The Bertz CT molecular complexity index is 1260. The van der Waals surface area contributed by atoms with Crippen molar-refractivity contribution in [2.75, 3.05) is 5.32 Å². The number of aromatic nitrogens is 8. The van der Waals surface area contributed by atoms with Gasteiger partial charge in [-0.15, -0.1) is 10.2 Å². The van der Waals surface area contributed by atoms with Crippen LogP contribution in [0.4, 0.5) is 5.82 Å². The van der Waals surface area contributed by atoms with Crippen LogP contribution in [0.5, 0.6) is 0 Å². The highest BCUT2D eigenvalue weighted by Crippen LogP contribution is 2.17. The standard InChI is InChI=1S/C22H24N10O/c1-31-20(29-30-21(31)17-6-7-23-14-28-17)13-25-18-10-15(5-8-24-18)22(33)27-12-16-11-26-19-4-2-3-9-32(16)19/h5-8,10-11,14H,2-4,9,12-13H2,1H3,(H,24,25)(H,27,33). The Morgan fingerprint density at radius 1 is 1.09 bits per heavy atom. The highest BCUT2D eigenvalue weighted by molar-refractivity contribution is 5.94. The van der Waals surface area contributed by atoms with Gasteiger partial charge in [0.25, 0.3) is 5.91 Å². The van der Waals surface area contributed by atoms with E-state index in [2.05, 4.69) is 45.3 Å². The number of carbonyl (C=O) groups is 1. The number of hydrogen-bond donors (Lipinski definition) is 2. The van der Waals surface area contributed by atoms with Crippen molar-refractivity contribution < 1.29 is 4.79 Å². The minimum Gasteiger partial charge on any atom is -0.363 e. The smallest absolute Gasteiger partial charge is 0.251 e. The average Bonchev–Trinajstić information content (AvgIpc) is 3.45. The van der Waals surface area contributed by atoms with Crippen molar-refractivity contribution in [2.45, 2.75) is 38.9 Å². The van der Waals surface area contributed by atoms with E-state index in [9.17, 15) is 4.79 Å². The normalized spacial score (nSPS) is 12.9. The van der Waals surface area contributed by atoms with Crippen molar-refractivity contribution in [1.82, 2.24) is 44.6 Å². The SMILES string of the molecule is Cn1c(CNc2cc(C(=O)NCc3cnc4n3CCCC4)ccn2)nnc1-c1ccncn1. The predicted molar refractivity (Wildman–Crippen MR) is 120 cm³/mol. The molecule has 0 radical (unpaired) electrons. The first-order valence-corrected chi connectivity index (χ1v) is 10.8. The van der Waals surface area contributed by atoms with Gasteiger partial charge in [-0.25, -0.2) is 19.9 Å². The Morgan fingerprint density at radius 2 is 2.03 bits per heavy atom. The maximum atomic E-state index is 12.7. The van der Waals surface area contributed by atoms with Crippen molar-refractivity contribution in [3.05, 3.63) is 66.0 Å². The van der Waals surface area contributed by atoms with Gasteiger partial charge in [0.15, 0.2) is 11.6 Å². The summed E-state index contributed by atoms with van der Waals surface area (Å²) in [7, 11) is 1.88. The van der Waals surface area contributed by atoms with E-state index in [1.54, 1.807) is 30.6 Å². The highest BCUT2D eigenvalue weighted by atomic mass is 16.1. The summed E-state index contributed by atoms with van der Waals surface area (Å²) >= 11 is 0. The second kappa shape index (κ2) is 9.15. The van der Waals surface area contributed by atoms with Gasteiger partial charge in [0.1, 0.15) is 23.7 Å². The number of hydrogen-bond acceptors (Lipinski definition) is 8. The third-order valence-corrected chi connectivity index (χ3v) is 5.71. The van der Waals surface area contributed by atoms with Crippen LogP contribution in [-0.4, -0.2) is 45.2 Å². The number of anilines is 1. The molecule has 11 nitrogen and oxygen atoms in total. The maximum absolute atomic E-state index is 12.7. The van der Waals surface area contributed by atoms with Crippen LogP contribution in [0.3, 0.4) is 0 Å². The third kappa shape index (κ3) is 4.43. The number of amides is 1. The number of imidazole rings is 1. The minimum atomic E-state index is -0.156. The summed E-state index contributed by atoms with van der Waals surface area (Å²) in [6.45, 7) is 1.81. The molecule has 33 heavy (non-hydrogen) atoms. The fourth-order valence-electron chi connectivity index (χ4n) is 3.89. The molecule has 0 aromatic carbocycles. The lowest BCUT2D eigenvalue weighted by Crippen LogP contribution is -2.25. The topological polar surface area (TPSA) is 128 Å². The monoisotopic (exact) mass is 444 g/mol. The van der Waals surface area contributed by atoms with Gasteiger partial charge in [-0.05, 0) is 31.0 Å². The Morgan fingerprint density at radius 3 is 2.91 bits per heavy atom. The van der Waals surface area contributed by atoms with Crippen LogP contribution in [0.25, 0.3) is 11.5 Å². The van der Waals surface area contributed by atoms with E-state index in [1.807, 2.05) is 17.8 Å². The number of fused-ring (bicyclic) bond motifs is 1. The zero-order valence-corrected chi connectivity index (χ0v) is 18.3. The van der Waals surface area contributed by atoms with Gasteiger partial charge in [0.05, 0.1) is 25.0 Å². The van der Waals surface area contributed by atoms with E-state index in [0.29, 0.717) is 41.8 Å². The molecule has 0 bridgehead atoms. The second-order valence-electron chi connectivity index (χ2n) is 7.83. The number of carbonyl (C=O) groups excluding carboxylic acids is 1. The van der Waals surface area contributed by atoms with Gasteiger partial charge in [0.2, 0.25) is 0 Å². The van der Waals surface area contributed by atoms with Gasteiger partial charge in [-0.3, -0.25) is 4.79 Å². The first-order chi connectivity index (χ1) is 16.2. The van der Waals surface area contributed by atoms with Crippen LogP contribution >= 0.6 is 0 Å². The van der Waals surface area contributed by atoms with Crippen molar-refractivity contribution >= 4 is 11.7 Å². The Kier molecular flexibility index (Phi) is 5.75. The molecule has 2 N–H and O–H groups in total. The Balaban J connectivity index is 1.21. The van der Waals surface area contributed by atoms with Crippen LogP contribution < -0.4 is 10.6 Å². The zero-order valence-electron chi connectivity index (χ0n) is 18.3. The molecule has 0 aliphatic carbocycles. The molecule has 11 heteroatoms. The van der Waals surface area contributed by atoms with E-state index >= 15 is 0 Å². The molecule has 1 amide bonds. The molecular formula is C22H24N10O. The van der Waals surface area contributed by atoms with E-state index in [0.717, 1.165) is 30.9 Å². The first-order valence-electron chi connectivity index (χ1n) is 10.8. The summed E-state index contributed by atoms with van der Waals surface area (Å²) < 4.78 is 4.07. The fourth-order valence-corrected chi connectivity index (χ4v) is 3.89. The molecule has 5 heterocycles. The molecule has 0 saturated carbocycles. The summed E-state index contributed by atoms with van der Waals surface area (Å²) in [5.41, 5.74) is 2.26. The van der Waals surface area contributed by atoms with Crippen LogP contribution in [0.1, 0.15) is 40.5 Å². The van der Waals surface area contributed by atoms with Gasteiger partial charge >= 0.3 is 0 Å². The van der Waals surface area contributed by atoms with Crippen LogP contribution in [0.15, 0.2) is 43.1 Å². The third-order valence-electron chi connectivity index (χ3n) is 5.71. The molecule has 0 spiro atoms. The largest absolute Gasteiger partial charge is 0.363 e. The molecule has 1 aliphatic heterocycles. The average molecular weight is 445 g/mol. The molecule has 0 atom stereocenters. The Hall–Kier alpha value is -4.15. The number of pyridine rings is 1. The molecule has 4 aromatic rings. The van der Waals surface area contributed by atoms with Crippen molar-refractivity contribution in [1.29, 1.82) is 0 Å². The lowest BCUT2D eigenvalue weighted by Gasteiger charge is -2.16. The molecule has 0 fully saturated rings. The first kappa shape index (κ1) is 20.7. The maximum Gasteiger partial charge on any atom is 0.251 e. The van der Waals surface area contributed by atoms with Gasteiger partial charge in [-0.1, -0.05) is 0 Å². The van der Waals surface area contributed by atoms with Crippen LogP contribution in [0, 0.1) is 0 Å². The molecule has 0 saturated heterocycles. The Labute approximate surface area is 190 Å². The summed E-state index contributed by atoms with van der Waals surface area (Å²) in [6.07, 6.45) is 9.93. The van der Waals surface area contributed by atoms with Gasteiger partial charge in [0, 0.05) is 38.0 Å².